The second-order valence-electron chi connectivity index (χ2n) is 14.5. The van der Waals surface area contributed by atoms with E-state index in [2.05, 4.69) is 0 Å². The molecular formula is C43H68N4O17-4. The number of aliphatic hydroxyl groups is 5. The standard InChI is InChI=1S/C34H47N3O12.C7H17NO5.2CH4/c1-3-24(2)31(34(46)47)35(14-16-36(18-29(38)39)27(32(42)43)22-48-20-25-10-6-4-7-11-25)15-17-37(19-30(40)41)28(33(44)45)23-49-21-26-12-8-5-9-13-26;1-8-2-4(10)6(12)7(13)5(11)3-9;;/h4-13,24,27-28,31H,3,14-23H2,1-2H3,(H,38,39)(H,40,41)(H,42,43)(H,44,45)(H,46,47);4-13H,2-3H2,1H3;2*1H4/p-4/t24-,27+,28+,31-;4-,5+,6+,7+;;/m00../s1. The van der Waals surface area contributed by atoms with Crippen molar-refractivity contribution in [2.45, 2.75) is 90.9 Å². The van der Waals surface area contributed by atoms with E-state index in [4.69, 9.17) is 24.8 Å². The van der Waals surface area contributed by atoms with Gasteiger partial charge in [-0.1, -0.05) is 95.8 Å². The van der Waals surface area contributed by atoms with E-state index in [0.717, 1.165) is 20.9 Å². The van der Waals surface area contributed by atoms with Crippen molar-refractivity contribution in [3.05, 3.63) is 71.8 Å². The molecule has 0 aliphatic carbocycles. The van der Waals surface area contributed by atoms with Crippen molar-refractivity contribution in [1.82, 2.24) is 14.7 Å². The van der Waals surface area contributed by atoms with Crippen LogP contribution in [0.1, 0.15) is 46.2 Å². The molecular weight excluding hydrogens is 844 g/mol. The Hall–Kier alpha value is -4.65. The summed E-state index contributed by atoms with van der Waals surface area (Å²) in [4.78, 5) is 63.3. The zero-order valence-electron chi connectivity index (χ0n) is 35.1. The van der Waals surface area contributed by atoms with E-state index in [0.29, 0.717) is 6.42 Å². The van der Waals surface area contributed by atoms with Crippen LogP contribution in [0.2, 0.25) is 0 Å². The van der Waals surface area contributed by atoms with E-state index in [1.165, 1.54) is 4.90 Å². The number of carboxylic acids is 5. The largest absolute Gasteiger partial charge is 0.549 e. The average Bonchev–Trinajstić information content (AvgIpc) is 3.23. The van der Waals surface area contributed by atoms with Crippen molar-refractivity contribution < 1.29 is 89.8 Å². The molecule has 0 heterocycles. The van der Waals surface area contributed by atoms with Gasteiger partial charge in [-0.3, -0.25) is 14.7 Å². The van der Waals surface area contributed by atoms with Gasteiger partial charge in [-0.25, -0.2) is 0 Å². The Kier molecular flexibility index (Phi) is 32.4. The first-order valence-electron chi connectivity index (χ1n) is 20.0. The molecule has 21 heteroatoms. The van der Waals surface area contributed by atoms with Crippen molar-refractivity contribution in [2.24, 2.45) is 5.92 Å². The molecule has 2 aromatic rings. The van der Waals surface area contributed by atoms with E-state index in [9.17, 15) is 59.7 Å². The van der Waals surface area contributed by atoms with Crippen molar-refractivity contribution in [3.8, 4) is 0 Å². The number of carbonyl (C=O) groups excluding carboxylic acids is 5. The SMILES string of the molecule is C.C.CC[C@H](C)[C@@H](C(=O)[O-])N(CCN(CC(=O)[O-])[C@H](COCc1ccccc1)C(=O)[O-])CCN(CC(=O)[O-])[C@H](COCc1ccccc1)C(=O)[O-].C[NH2+]C[C@H](O)[C@@H](O)[C@H](O)[C@H](O)CO. The lowest BCUT2D eigenvalue weighted by atomic mass is 9.97. The Bertz CT molecular complexity index is 1510. The molecule has 0 saturated carbocycles. The summed E-state index contributed by atoms with van der Waals surface area (Å²) in [6.07, 6.45) is -5.16. The van der Waals surface area contributed by atoms with Gasteiger partial charge in [0.05, 0.1) is 88.1 Å². The van der Waals surface area contributed by atoms with Crippen LogP contribution in [0.25, 0.3) is 0 Å². The Balaban J connectivity index is 0. The molecule has 0 fully saturated rings. The first-order valence-corrected chi connectivity index (χ1v) is 20.0. The van der Waals surface area contributed by atoms with Gasteiger partial charge in [0, 0.05) is 39.3 Å². The van der Waals surface area contributed by atoms with Gasteiger partial charge in [-0.05, 0) is 17.0 Å². The number of likely N-dealkylation sites (N-methyl/N-ethyl adjacent to an activating group) is 1. The van der Waals surface area contributed by atoms with Crippen molar-refractivity contribution >= 4 is 29.8 Å². The molecule has 7 N–H and O–H groups in total. The normalized spacial score (nSPS) is 14.9. The molecule has 8 atom stereocenters. The third-order valence-electron chi connectivity index (χ3n) is 9.83. The Morgan fingerprint density at radius 1 is 0.625 bits per heavy atom. The van der Waals surface area contributed by atoms with Crippen molar-refractivity contribution in [3.63, 3.8) is 0 Å². The summed E-state index contributed by atoms with van der Waals surface area (Å²) in [5, 5.41) is 107. The predicted octanol–water partition coefficient (Wildman–Crippen LogP) is -7.88. The molecule has 2 rings (SSSR count). The number of hydrogen-bond acceptors (Lipinski definition) is 20. The van der Waals surface area contributed by atoms with Gasteiger partial charge in [-0.15, -0.1) is 0 Å². The number of carbonyl (C=O) groups is 5. The number of quaternary nitrogens is 1. The summed E-state index contributed by atoms with van der Waals surface area (Å²) in [6, 6.07) is 13.2. The van der Waals surface area contributed by atoms with Gasteiger partial charge in [0.2, 0.25) is 0 Å². The van der Waals surface area contributed by atoms with Crippen LogP contribution in [0.15, 0.2) is 60.7 Å². The molecule has 2 aromatic carbocycles. The Labute approximate surface area is 375 Å². The topological polar surface area (TPSA) is 347 Å². The highest BCUT2D eigenvalue weighted by Crippen LogP contribution is 2.16. The van der Waals surface area contributed by atoms with Crippen LogP contribution < -0.4 is 30.8 Å². The minimum atomic E-state index is -1.63. The van der Waals surface area contributed by atoms with Gasteiger partial charge in [0.1, 0.15) is 31.0 Å². The lowest BCUT2D eigenvalue weighted by molar-refractivity contribution is -0.635. The minimum Gasteiger partial charge on any atom is -0.549 e. The number of rotatable bonds is 32. The highest BCUT2D eigenvalue weighted by Gasteiger charge is 2.31. The number of hydrogen-bond donors (Lipinski definition) is 6. The van der Waals surface area contributed by atoms with Crippen LogP contribution in [-0.4, -0.2) is 185 Å². The maximum absolute atomic E-state index is 12.4. The molecule has 0 bridgehead atoms. The van der Waals surface area contributed by atoms with E-state index in [-0.39, 0.29) is 60.8 Å². The molecule has 21 nitrogen and oxygen atoms in total. The zero-order chi connectivity index (χ0) is 46.8. The maximum atomic E-state index is 12.4. The number of carboxylic acid groups (broad SMARTS) is 5. The molecule has 0 unspecified atom stereocenters. The molecule has 0 radical (unpaired) electrons. The fraction of sp³-hybridized carbons (Fsp3) is 0.605. The van der Waals surface area contributed by atoms with Crippen molar-refractivity contribution in [2.75, 3.05) is 72.7 Å². The smallest absolute Gasteiger partial charge is 0.131 e. The number of benzene rings is 2. The lowest BCUT2D eigenvalue weighted by Crippen LogP contribution is -2.83. The first kappa shape index (κ1) is 61.4. The first-order chi connectivity index (χ1) is 29.4. The number of ether oxygens (including phenoxy) is 2. The second kappa shape index (κ2) is 33.8. The fourth-order valence-electron chi connectivity index (χ4n) is 6.20. The van der Waals surface area contributed by atoms with Crippen molar-refractivity contribution in [1.29, 1.82) is 0 Å². The summed E-state index contributed by atoms with van der Waals surface area (Å²) in [5.74, 6) is -8.50. The summed E-state index contributed by atoms with van der Waals surface area (Å²) in [5.41, 5.74) is 1.48. The fourth-order valence-corrected chi connectivity index (χ4v) is 6.20. The molecule has 0 saturated heterocycles. The maximum Gasteiger partial charge on any atom is 0.131 e. The van der Waals surface area contributed by atoms with Gasteiger partial charge in [0.15, 0.2) is 0 Å². The Morgan fingerprint density at radius 2 is 1.00 bits per heavy atom. The van der Waals surface area contributed by atoms with E-state index >= 15 is 0 Å². The molecule has 366 valence electrons. The van der Waals surface area contributed by atoms with Gasteiger partial charge in [-0.2, -0.15) is 0 Å². The molecule has 0 amide bonds. The quantitative estimate of drug-likeness (QED) is 0.0397. The molecule has 0 aliphatic rings. The summed E-state index contributed by atoms with van der Waals surface area (Å²) in [6.45, 7) is -0.813. The van der Waals surface area contributed by atoms with Gasteiger partial charge >= 0.3 is 0 Å². The Morgan fingerprint density at radius 3 is 1.31 bits per heavy atom. The highest BCUT2D eigenvalue weighted by molar-refractivity contribution is 5.74. The average molecular weight is 913 g/mol. The molecule has 0 aliphatic heterocycles. The van der Waals surface area contributed by atoms with Crippen LogP contribution in [0.4, 0.5) is 0 Å². The third kappa shape index (κ3) is 23.3. The zero-order valence-corrected chi connectivity index (χ0v) is 35.1. The van der Waals surface area contributed by atoms with Gasteiger partial charge in [0.25, 0.3) is 0 Å². The monoisotopic (exact) mass is 912 g/mol. The number of aliphatic hydroxyl groups excluding tert-OH is 5. The third-order valence-corrected chi connectivity index (χ3v) is 9.83. The van der Waals surface area contributed by atoms with Crippen LogP contribution >= 0.6 is 0 Å². The van der Waals surface area contributed by atoms with E-state index < -0.39 is 111 Å². The summed E-state index contributed by atoms with van der Waals surface area (Å²) < 4.78 is 11.1. The van der Waals surface area contributed by atoms with Crippen LogP contribution in [0.3, 0.4) is 0 Å². The predicted molar refractivity (Wildman–Crippen MR) is 220 cm³/mol. The molecule has 0 spiro atoms. The molecule has 0 aromatic heterocycles. The van der Waals surface area contributed by atoms with Crippen LogP contribution in [0, 0.1) is 5.92 Å². The highest BCUT2D eigenvalue weighted by atomic mass is 16.5. The molecule has 64 heavy (non-hydrogen) atoms. The van der Waals surface area contributed by atoms with Crippen LogP contribution in [0.5, 0.6) is 0 Å². The number of aliphatic carboxylic acids is 5. The number of nitrogens with two attached hydrogens (primary N) is 1. The van der Waals surface area contributed by atoms with E-state index in [1.807, 2.05) is 0 Å². The minimum absolute atomic E-state index is 0. The number of nitrogens with zero attached hydrogens (tertiary/aromatic N) is 3. The lowest BCUT2D eigenvalue weighted by Gasteiger charge is -2.41. The summed E-state index contributed by atoms with van der Waals surface area (Å²) in [7, 11) is 1.70. The van der Waals surface area contributed by atoms with E-state index in [1.54, 1.807) is 86.9 Å². The van der Waals surface area contributed by atoms with Crippen LogP contribution in [-0.2, 0) is 46.7 Å². The second-order valence-corrected chi connectivity index (χ2v) is 14.5. The summed E-state index contributed by atoms with van der Waals surface area (Å²) >= 11 is 0. The van der Waals surface area contributed by atoms with Gasteiger partial charge < -0.3 is 89.8 Å².